The van der Waals surface area contributed by atoms with Gasteiger partial charge in [-0.3, -0.25) is 10.2 Å². The maximum absolute atomic E-state index is 10.8. The van der Waals surface area contributed by atoms with E-state index in [9.17, 15) is 4.79 Å². The standard InChI is InChI=1S/C9H19N3O/c1-8-4-2-6-12(8)7-3-5-9(13)11-10/h8H,2-7,10H2,1H3,(H,11,13). The van der Waals surface area contributed by atoms with Crippen LogP contribution in [0.5, 0.6) is 0 Å². The summed E-state index contributed by atoms with van der Waals surface area (Å²) in [6, 6.07) is 0.695. The predicted molar refractivity (Wildman–Crippen MR) is 51.8 cm³/mol. The Kier molecular flexibility index (Phi) is 4.18. The van der Waals surface area contributed by atoms with Gasteiger partial charge in [0.05, 0.1) is 0 Å². The first-order valence-electron chi connectivity index (χ1n) is 4.97. The molecule has 3 N–H and O–H groups in total. The summed E-state index contributed by atoms with van der Waals surface area (Å²) in [6.45, 7) is 4.45. The molecular weight excluding hydrogens is 166 g/mol. The molecule has 0 saturated carbocycles. The zero-order valence-corrected chi connectivity index (χ0v) is 8.25. The highest BCUT2D eigenvalue weighted by molar-refractivity contribution is 5.75. The van der Waals surface area contributed by atoms with Gasteiger partial charge >= 0.3 is 0 Å². The molecule has 1 atom stereocenters. The number of amides is 1. The Morgan fingerprint density at radius 1 is 1.69 bits per heavy atom. The maximum Gasteiger partial charge on any atom is 0.233 e. The lowest BCUT2D eigenvalue weighted by Gasteiger charge is -2.20. The quantitative estimate of drug-likeness (QED) is 0.375. The Bertz CT molecular complexity index is 172. The van der Waals surface area contributed by atoms with Crippen molar-refractivity contribution >= 4 is 5.91 Å². The summed E-state index contributed by atoms with van der Waals surface area (Å²) in [5, 5.41) is 0. The molecule has 0 aromatic carbocycles. The topological polar surface area (TPSA) is 58.4 Å². The van der Waals surface area contributed by atoms with Gasteiger partial charge in [-0.15, -0.1) is 0 Å². The molecular formula is C9H19N3O. The molecule has 0 bridgehead atoms. The minimum Gasteiger partial charge on any atom is -0.301 e. The number of hydrogen-bond acceptors (Lipinski definition) is 3. The summed E-state index contributed by atoms with van der Waals surface area (Å²) in [7, 11) is 0. The molecule has 4 nitrogen and oxygen atoms in total. The number of nitrogens with zero attached hydrogens (tertiary/aromatic N) is 1. The van der Waals surface area contributed by atoms with E-state index >= 15 is 0 Å². The molecule has 76 valence electrons. The smallest absolute Gasteiger partial charge is 0.233 e. The van der Waals surface area contributed by atoms with Gasteiger partial charge in [-0.25, -0.2) is 5.84 Å². The van der Waals surface area contributed by atoms with Crippen molar-refractivity contribution in [3.63, 3.8) is 0 Å². The van der Waals surface area contributed by atoms with Crippen LogP contribution in [0.4, 0.5) is 0 Å². The molecule has 1 saturated heterocycles. The van der Waals surface area contributed by atoms with E-state index in [0.29, 0.717) is 12.5 Å². The van der Waals surface area contributed by atoms with Crippen molar-refractivity contribution in [3.8, 4) is 0 Å². The molecule has 4 heteroatoms. The Hall–Kier alpha value is -0.610. The number of hydrazine groups is 1. The van der Waals surface area contributed by atoms with Gasteiger partial charge < -0.3 is 4.90 Å². The third-order valence-corrected chi connectivity index (χ3v) is 2.70. The van der Waals surface area contributed by atoms with Gasteiger partial charge in [0.1, 0.15) is 0 Å². The average molecular weight is 185 g/mol. The van der Waals surface area contributed by atoms with Crippen LogP contribution in [-0.2, 0) is 4.79 Å². The molecule has 0 aliphatic carbocycles. The van der Waals surface area contributed by atoms with Crippen LogP contribution in [0.25, 0.3) is 0 Å². The van der Waals surface area contributed by atoms with E-state index < -0.39 is 0 Å². The fourth-order valence-corrected chi connectivity index (χ4v) is 1.84. The van der Waals surface area contributed by atoms with E-state index in [1.807, 2.05) is 0 Å². The van der Waals surface area contributed by atoms with Crippen LogP contribution < -0.4 is 11.3 Å². The Morgan fingerprint density at radius 2 is 2.46 bits per heavy atom. The highest BCUT2D eigenvalue weighted by atomic mass is 16.2. The number of likely N-dealkylation sites (tertiary alicyclic amines) is 1. The molecule has 1 aliphatic heterocycles. The lowest BCUT2D eigenvalue weighted by atomic mass is 10.2. The van der Waals surface area contributed by atoms with E-state index in [0.717, 1.165) is 13.0 Å². The van der Waals surface area contributed by atoms with Gasteiger partial charge in [0.15, 0.2) is 0 Å². The highest BCUT2D eigenvalue weighted by Gasteiger charge is 2.19. The van der Waals surface area contributed by atoms with Crippen molar-refractivity contribution in [2.24, 2.45) is 5.84 Å². The molecule has 1 amide bonds. The molecule has 0 aromatic rings. The normalized spacial score (nSPS) is 23.4. The molecule has 0 spiro atoms. The van der Waals surface area contributed by atoms with Crippen LogP contribution in [0, 0.1) is 0 Å². The molecule has 1 heterocycles. The maximum atomic E-state index is 10.8. The number of carbonyl (C=O) groups is 1. The molecule has 1 fully saturated rings. The number of rotatable bonds is 4. The van der Waals surface area contributed by atoms with Gasteiger partial charge in [0.2, 0.25) is 5.91 Å². The van der Waals surface area contributed by atoms with Crippen LogP contribution in [-0.4, -0.2) is 29.9 Å². The molecule has 0 aromatic heterocycles. The van der Waals surface area contributed by atoms with Gasteiger partial charge in [-0.05, 0) is 39.3 Å². The van der Waals surface area contributed by atoms with Crippen molar-refractivity contribution in [2.45, 2.75) is 38.6 Å². The van der Waals surface area contributed by atoms with Crippen molar-refractivity contribution in [1.29, 1.82) is 0 Å². The molecule has 13 heavy (non-hydrogen) atoms. The second-order valence-corrected chi connectivity index (χ2v) is 3.70. The van der Waals surface area contributed by atoms with Crippen LogP contribution in [0.1, 0.15) is 32.6 Å². The first-order valence-corrected chi connectivity index (χ1v) is 4.97. The summed E-state index contributed by atoms with van der Waals surface area (Å²) in [5.41, 5.74) is 2.14. The zero-order valence-electron chi connectivity index (χ0n) is 8.25. The van der Waals surface area contributed by atoms with Gasteiger partial charge in [-0.2, -0.15) is 0 Å². The Labute approximate surface area is 79.4 Å². The minimum atomic E-state index is -0.0631. The number of hydrogen-bond donors (Lipinski definition) is 2. The second kappa shape index (κ2) is 5.19. The SMILES string of the molecule is CC1CCCN1CCCC(=O)NN. The number of nitrogens with two attached hydrogens (primary N) is 1. The Morgan fingerprint density at radius 3 is 3.00 bits per heavy atom. The van der Waals surface area contributed by atoms with E-state index in [4.69, 9.17) is 5.84 Å². The lowest BCUT2D eigenvalue weighted by molar-refractivity contribution is -0.121. The first-order chi connectivity index (χ1) is 6.24. The third-order valence-electron chi connectivity index (χ3n) is 2.70. The fraction of sp³-hybridized carbons (Fsp3) is 0.889. The van der Waals surface area contributed by atoms with E-state index in [1.165, 1.54) is 19.4 Å². The van der Waals surface area contributed by atoms with Crippen molar-refractivity contribution in [2.75, 3.05) is 13.1 Å². The molecule has 1 aliphatic rings. The average Bonchev–Trinajstić information content (AvgIpc) is 2.52. The Balaban J connectivity index is 2.08. The number of nitrogens with one attached hydrogen (secondary N) is 1. The van der Waals surface area contributed by atoms with Gasteiger partial charge in [-0.1, -0.05) is 0 Å². The summed E-state index contributed by atoms with van der Waals surface area (Å²) < 4.78 is 0. The summed E-state index contributed by atoms with van der Waals surface area (Å²) >= 11 is 0. The highest BCUT2D eigenvalue weighted by Crippen LogP contribution is 2.16. The lowest BCUT2D eigenvalue weighted by Crippen LogP contribution is -2.32. The predicted octanol–water partition coefficient (Wildman–Crippen LogP) is 0.241. The van der Waals surface area contributed by atoms with E-state index in [2.05, 4.69) is 17.2 Å². The minimum absolute atomic E-state index is 0.0631. The van der Waals surface area contributed by atoms with Crippen molar-refractivity contribution in [3.05, 3.63) is 0 Å². The van der Waals surface area contributed by atoms with Gasteiger partial charge in [0, 0.05) is 12.5 Å². The zero-order chi connectivity index (χ0) is 9.68. The number of carbonyl (C=O) groups excluding carboxylic acids is 1. The second-order valence-electron chi connectivity index (χ2n) is 3.70. The van der Waals surface area contributed by atoms with Crippen molar-refractivity contribution < 1.29 is 4.79 Å². The molecule has 0 radical (unpaired) electrons. The van der Waals surface area contributed by atoms with Crippen LogP contribution in [0.15, 0.2) is 0 Å². The third kappa shape index (κ3) is 3.32. The van der Waals surface area contributed by atoms with Crippen LogP contribution >= 0.6 is 0 Å². The monoisotopic (exact) mass is 185 g/mol. The molecule has 1 rings (SSSR count). The van der Waals surface area contributed by atoms with Crippen molar-refractivity contribution in [1.82, 2.24) is 10.3 Å². The first kappa shape index (κ1) is 10.5. The van der Waals surface area contributed by atoms with E-state index in [1.54, 1.807) is 0 Å². The van der Waals surface area contributed by atoms with Crippen LogP contribution in [0.2, 0.25) is 0 Å². The fourth-order valence-electron chi connectivity index (χ4n) is 1.84. The summed E-state index contributed by atoms with van der Waals surface area (Å²) in [6.07, 6.45) is 4.04. The largest absolute Gasteiger partial charge is 0.301 e. The van der Waals surface area contributed by atoms with E-state index in [-0.39, 0.29) is 5.91 Å². The molecule has 1 unspecified atom stereocenters. The summed E-state index contributed by atoms with van der Waals surface area (Å²) in [4.78, 5) is 13.2. The van der Waals surface area contributed by atoms with Gasteiger partial charge in [0.25, 0.3) is 0 Å². The van der Waals surface area contributed by atoms with Crippen LogP contribution in [0.3, 0.4) is 0 Å². The summed E-state index contributed by atoms with van der Waals surface area (Å²) in [5.74, 6) is 4.92.